The second-order valence-corrected chi connectivity index (χ2v) is 7.49. The van der Waals surface area contributed by atoms with Gasteiger partial charge in [0.1, 0.15) is 15.3 Å². The maximum atomic E-state index is 12.9. The van der Waals surface area contributed by atoms with E-state index in [1.807, 2.05) is 6.92 Å². The first-order valence-corrected chi connectivity index (χ1v) is 9.38. The van der Waals surface area contributed by atoms with Crippen LogP contribution in [0.5, 0.6) is 0 Å². The van der Waals surface area contributed by atoms with Crippen LogP contribution < -0.4 is 0 Å². The van der Waals surface area contributed by atoms with E-state index in [4.69, 9.17) is 0 Å². The average Bonchev–Trinajstić information content (AvgIpc) is 3.15. The highest BCUT2D eigenvalue weighted by Gasteiger charge is 2.31. The topological polar surface area (TPSA) is 47.5 Å². The molecule has 0 saturated heterocycles. The van der Waals surface area contributed by atoms with E-state index in [0.717, 1.165) is 27.6 Å². The lowest BCUT2D eigenvalue weighted by molar-refractivity contribution is -0.137. The number of hydrogen-bond donors (Lipinski definition) is 0. The normalized spacial score (nSPS) is 12.3. The van der Waals surface area contributed by atoms with Gasteiger partial charge in [-0.05, 0) is 39.9 Å². The molecule has 0 amide bonds. The van der Waals surface area contributed by atoms with E-state index in [-0.39, 0.29) is 0 Å². The fourth-order valence-corrected chi connectivity index (χ4v) is 3.76. The zero-order valence-corrected chi connectivity index (χ0v) is 15.7. The Morgan fingerprint density at radius 3 is 2.73 bits per heavy atom. The van der Waals surface area contributed by atoms with Crippen LogP contribution in [0.3, 0.4) is 0 Å². The van der Waals surface area contributed by atoms with Crippen LogP contribution in [0.15, 0.2) is 46.4 Å². The summed E-state index contributed by atoms with van der Waals surface area (Å²) in [6.07, 6.45) is -0.154. The Balaban J connectivity index is 1.94. The summed E-state index contributed by atoms with van der Waals surface area (Å²) in [5, 5.41) is 5.27. The first-order valence-electron chi connectivity index (χ1n) is 7.61. The van der Waals surface area contributed by atoms with Crippen LogP contribution in [-0.2, 0) is 6.18 Å². The van der Waals surface area contributed by atoms with E-state index in [1.165, 1.54) is 22.2 Å². The van der Waals surface area contributed by atoms with Gasteiger partial charge in [0.25, 0.3) is 0 Å². The zero-order chi connectivity index (χ0) is 18.5. The van der Waals surface area contributed by atoms with Gasteiger partial charge in [-0.15, -0.1) is 11.8 Å². The van der Waals surface area contributed by atoms with Crippen molar-refractivity contribution in [2.75, 3.05) is 5.75 Å². The Bertz CT molecular complexity index is 1120. The molecule has 0 aromatic carbocycles. The molecular formula is C16H11BrF3N5S. The van der Waals surface area contributed by atoms with Gasteiger partial charge in [-0.1, -0.05) is 6.92 Å². The van der Waals surface area contributed by atoms with Crippen LogP contribution in [0.4, 0.5) is 13.2 Å². The molecule has 0 aliphatic heterocycles. The third-order valence-electron chi connectivity index (χ3n) is 3.76. The lowest BCUT2D eigenvalue weighted by Gasteiger charge is -2.05. The molecule has 0 bridgehead atoms. The Morgan fingerprint density at radius 1 is 1.19 bits per heavy atom. The molecule has 0 aliphatic carbocycles. The molecule has 4 aromatic heterocycles. The van der Waals surface area contributed by atoms with Crippen molar-refractivity contribution in [3.63, 3.8) is 0 Å². The number of pyridine rings is 1. The second-order valence-electron chi connectivity index (χ2n) is 5.42. The van der Waals surface area contributed by atoms with Crippen molar-refractivity contribution in [1.29, 1.82) is 0 Å². The Labute approximate surface area is 158 Å². The van der Waals surface area contributed by atoms with Gasteiger partial charge in [0.05, 0.1) is 16.8 Å². The average molecular weight is 442 g/mol. The van der Waals surface area contributed by atoms with Gasteiger partial charge >= 0.3 is 6.18 Å². The highest BCUT2D eigenvalue weighted by Crippen LogP contribution is 2.35. The van der Waals surface area contributed by atoms with E-state index in [2.05, 4.69) is 31.0 Å². The zero-order valence-electron chi connectivity index (χ0n) is 13.3. The molecule has 4 heterocycles. The number of nitrogens with zero attached hydrogens (tertiary/aromatic N) is 5. The van der Waals surface area contributed by atoms with Crippen molar-refractivity contribution in [2.24, 2.45) is 0 Å². The van der Waals surface area contributed by atoms with Crippen molar-refractivity contribution in [3.8, 4) is 11.3 Å². The molecule has 4 rings (SSSR count). The molecule has 0 unspecified atom stereocenters. The van der Waals surface area contributed by atoms with Gasteiger partial charge in [-0.2, -0.15) is 18.3 Å². The monoisotopic (exact) mass is 441 g/mol. The summed E-state index contributed by atoms with van der Waals surface area (Å²) in [5.74, 6) is 0.792. The highest BCUT2D eigenvalue weighted by molar-refractivity contribution is 9.10. The smallest absolute Gasteiger partial charge is 0.306 e. The summed E-state index contributed by atoms with van der Waals surface area (Å²) >= 11 is 4.96. The number of alkyl halides is 3. The van der Waals surface area contributed by atoms with Crippen LogP contribution in [0.25, 0.3) is 22.6 Å². The molecule has 5 nitrogen and oxygen atoms in total. The summed E-state index contributed by atoms with van der Waals surface area (Å²) in [4.78, 5) is 8.85. The second kappa shape index (κ2) is 6.27. The number of hydrogen-bond acceptors (Lipinski definition) is 4. The molecule has 26 heavy (non-hydrogen) atoms. The fraction of sp³-hybridized carbons (Fsp3) is 0.188. The Morgan fingerprint density at radius 2 is 2.00 bits per heavy atom. The third-order valence-corrected chi connectivity index (χ3v) is 5.20. The van der Waals surface area contributed by atoms with Gasteiger partial charge in [-0.3, -0.25) is 0 Å². The minimum atomic E-state index is -4.40. The van der Waals surface area contributed by atoms with Gasteiger partial charge in [0, 0.05) is 18.6 Å². The largest absolute Gasteiger partial charge is 0.417 e. The molecule has 0 spiro atoms. The molecule has 0 radical (unpaired) electrons. The molecule has 0 N–H and O–H groups in total. The molecule has 0 fully saturated rings. The van der Waals surface area contributed by atoms with Gasteiger partial charge in [-0.25, -0.2) is 14.5 Å². The van der Waals surface area contributed by atoms with Crippen molar-refractivity contribution in [2.45, 2.75) is 18.1 Å². The molecule has 134 valence electrons. The summed E-state index contributed by atoms with van der Waals surface area (Å²) in [5.41, 5.74) is 1.53. The van der Waals surface area contributed by atoms with E-state index in [0.29, 0.717) is 22.6 Å². The lowest BCUT2D eigenvalue weighted by Crippen LogP contribution is -2.05. The first kappa shape index (κ1) is 17.3. The Hall–Kier alpha value is -2.07. The van der Waals surface area contributed by atoms with Crippen molar-refractivity contribution in [3.05, 3.63) is 47.0 Å². The van der Waals surface area contributed by atoms with Gasteiger partial charge in [0.2, 0.25) is 0 Å². The number of halogens is 4. The van der Waals surface area contributed by atoms with Crippen LogP contribution >= 0.6 is 27.7 Å². The van der Waals surface area contributed by atoms with Crippen LogP contribution in [0.1, 0.15) is 12.5 Å². The van der Waals surface area contributed by atoms with E-state index >= 15 is 0 Å². The lowest BCUT2D eigenvalue weighted by atomic mass is 10.2. The summed E-state index contributed by atoms with van der Waals surface area (Å²) < 4.78 is 42.6. The Kier molecular flexibility index (Phi) is 4.19. The summed E-state index contributed by atoms with van der Waals surface area (Å²) in [6.45, 7) is 2.00. The van der Waals surface area contributed by atoms with Gasteiger partial charge < -0.3 is 4.40 Å². The molecule has 4 aromatic rings. The SMILES string of the molecule is CCSc1nn2c(Br)ccnc2c1-c1cn2cc(C(F)(F)F)ccc2n1. The maximum absolute atomic E-state index is 12.9. The van der Waals surface area contributed by atoms with Gasteiger partial charge in [0.15, 0.2) is 5.65 Å². The van der Waals surface area contributed by atoms with Crippen LogP contribution in [0, 0.1) is 0 Å². The predicted octanol–water partition coefficient (Wildman–Crippen LogP) is 4.94. The quantitative estimate of drug-likeness (QED) is 0.333. The number of fused-ring (bicyclic) bond motifs is 2. The maximum Gasteiger partial charge on any atom is 0.417 e. The minimum Gasteiger partial charge on any atom is -0.306 e. The van der Waals surface area contributed by atoms with E-state index in [1.54, 1.807) is 23.0 Å². The fourth-order valence-electron chi connectivity index (χ4n) is 2.64. The van der Waals surface area contributed by atoms with Crippen molar-refractivity contribution < 1.29 is 13.2 Å². The van der Waals surface area contributed by atoms with Crippen molar-refractivity contribution >= 4 is 39.0 Å². The summed E-state index contributed by atoms with van der Waals surface area (Å²) in [7, 11) is 0. The standard InChI is InChI=1S/C16H11BrF3N5S/c1-2-26-15-13(14-21-6-5-11(17)25(14)23-15)10-8-24-7-9(16(18,19)20)3-4-12(24)22-10/h3-8H,2H2,1H3. The minimum absolute atomic E-state index is 0.426. The first-order chi connectivity index (χ1) is 12.4. The predicted molar refractivity (Wildman–Crippen MR) is 96.3 cm³/mol. The molecule has 0 saturated carbocycles. The van der Waals surface area contributed by atoms with Crippen molar-refractivity contribution in [1.82, 2.24) is 24.0 Å². The van der Waals surface area contributed by atoms with Crippen LogP contribution in [0.2, 0.25) is 0 Å². The highest BCUT2D eigenvalue weighted by atomic mass is 79.9. The molecule has 0 aliphatic rings. The summed E-state index contributed by atoms with van der Waals surface area (Å²) in [6, 6.07) is 4.15. The number of thioether (sulfide) groups is 1. The molecule has 0 atom stereocenters. The van der Waals surface area contributed by atoms with Crippen LogP contribution in [-0.4, -0.2) is 29.7 Å². The number of rotatable bonds is 3. The van der Waals surface area contributed by atoms with E-state index < -0.39 is 11.7 Å². The molecule has 10 heteroatoms. The van der Waals surface area contributed by atoms with E-state index in [9.17, 15) is 13.2 Å². The third kappa shape index (κ3) is 2.86. The number of aromatic nitrogens is 5. The molecular weight excluding hydrogens is 431 g/mol. The number of imidazole rings is 1.